The minimum Gasteiger partial charge on any atom is -0.385 e. The molecule has 0 radical (unpaired) electrons. The van der Waals surface area contributed by atoms with Crippen LogP contribution in [0, 0.1) is 18.3 Å². The van der Waals surface area contributed by atoms with Crippen LogP contribution in [0.5, 0.6) is 0 Å². The summed E-state index contributed by atoms with van der Waals surface area (Å²) in [4.78, 5) is 4.08. The first-order valence-electron chi connectivity index (χ1n) is 6.11. The number of oxime groups is 1. The van der Waals surface area contributed by atoms with Gasteiger partial charge >= 0.3 is 6.18 Å². The van der Waals surface area contributed by atoms with Crippen molar-refractivity contribution in [3.05, 3.63) is 29.3 Å². The van der Waals surface area contributed by atoms with Crippen LogP contribution >= 0.6 is 0 Å². The lowest BCUT2D eigenvalue weighted by atomic mass is 10.1. The van der Waals surface area contributed by atoms with Gasteiger partial charge in [0, 0.05) is 5.56 Å². The summed E-state index contributed by atoms with van der Waals surface area (Å²) in [5.41, 5.74) is 0.109. The molecule has 0 spiro atoms. The Morgan fingerprint density at radius 2 is 2.05 bits per heavy atom. The molecule has 0 atom stereocenters. The first kappa shape index (κ1) is 18.0. The second-order valence-corrected chi connectivity index (χ2v) is 6.57. The van der Waals surface area contributed by atoms with E-state index < -0.39 is 28.3 Å². The third-order valence-electron chi connectivity index (χ3n) is 2.67. The number of rotatable bonds is 5. The summed E-state index contributed by atoms with van der Waals surface area (Å²) in [5.74, 6) is -0.138. The lowest BCUT2D eigenvalue weighted by molar-refractivity contribution is -0.173. The molecule has 1 aromatic carbocycles. The van der Waals surface area contributed by atoms with Crippen molar-refractivity contribution in [2.24, 2.45) is 5.16 Å². The van der Waals surface area contributed by atoms with Gasteiger partial charge in [-0.15, -0.1) is 0 Å². The van der Waals surface area contributed by atoms with E-state index in [0.717, 1.165) is 0 Å². The molecule has 120 valence electrons. The van der Waals surface area contributed by atoms with Crippen molar-refractivity contribution in [3.8, 4) is 6.07 Å². The zero-order chi connectivity index (χ0) is 17.0. The van der Waals surface area contributed by atoms with Gasteiger partial charge in [-0.05, 0) is 18.6 Å². The Labute approximate surface area is 125 Å². The molecule has 0 amide bonds. The molecule has 0 bridgehead atoms. The molecule has 1 rings (SSSR count). The number of alkyl halides is 3. The van der Waals surface area contributed by atoms with Crippen LogP contribution in [0.15, 0.2) is 28.3 Å². The van der Waals surface area contributed by atoms with Crippen LogP contribution in [0.2, 0.25) is 0 Å². The molecule has 0 unspecified atom stereocenters. The molecule has 0 saturated heterocycles. The summed E-state index contributed by atoms with van der Waals surface area (Å²) >= 11 is 0. The zero-order valence-electron chi connectivity index (χ0n) is 11.8. The normalized spacial score (nSPS) is 12.8. The second-order valence-electron chi connectivity index (χ2n) is 4.32. The highest BCUT2D eigenvalue weighted by atomic mass is 32.2. The average Bonchev–Trinajstić information content (AvgIpc) is 2.43. The minimum atomic E-state index is -4.58. The molecule has 9 heteroatoms. The topological polar surface area (TPSA) is 79.5 Å². The van der Waals surface area contributed by atoms with Crippen LogP contribution in [-0.4, -0.2) is 32.7 Å². The summed E-state index contributed by atoms with van der Waals surface area (Å²) in [6, 6.07) is 5.63. The fraction of sp³-hybridized carbons (Fsp3) is 0.385. The largest absolute Gasteiger partial charge is 0.425 e. The first-order valence-corrected chi connectivity index (χ1v) is 7.76. The third kappa shape index (κ3) is 4.73. The van der Waals surface area contributed by atoms with Crippen molar-refractivity contribution >= 4 is 15.5 Å². The number of aryl methyl sites for hydroxylation is 1. The highest BCUT2D eigenvalue weighted by Gasteiger charge is 2.28. The highest BCUT2D eigenvalue weighted by molar-refractivity contribution is 7.91. The molecule has 0 heterocycles. The number of nitrogens with zero attached hydrogens (tertiary/aromatic N) is 2. The molecular weight excluding hydrogens is 321 g/mol. The van der Waals surface area contributed by atoms with Crippen LogP contribution in [0.3, 0.4) is 0 Å². The summed E-state index contributed by atoms with van der Waals surface area (Å²) in [7, 11) is -3.52. The van der Waals surface area contributed by atoms with E-state index in [2.05, 4.69) is 9.99 Å². The quantitative estimate of drug-likeness (QED) is 0.612. The van der Waals surface area contributed by atoms with Crippen LogP contribution in [-0.2, 0) is 14.7 Å². The zero-order valence-corrected chi connectivity index (χ0v) is 12.6. The van der Waals surface area contributed by atoms with Crippen LogP contribution in [0.25, 0.3) is 0 Å². The van der Waals surface area contributed by atoms with Crippen molar-refractivity contribution in [1.29, 1.82) is 5.26 Å². The van der Waals surface area contributed by atoms with Crippen molar-refractivity contribution in [2.45, 2.75) is 24.9 Å². The maximum absolute atomic E-state index is 12.0. The van der Waals surface area contributed by atoms with Crippen LogP contribution in [0.4, 0.5) is 13.2 Å². The number of hydrogen-bond acceptors (Lipinski definition) is 5. The summed E-state index contributed by atoms with van der Waals surface area (Å²) < 4.78 is 59.8. The molecule has 0 aliphatic heterocycles. The van der Waals surface area contributed by atoms with E-state index in [0.29, 0.717) is 5.56 Å². The molecular formula is C13H13F3N2O3S. The van der Waals surface area contributed by atoms with Crippen molar-refractivity contribution < 1.29 is 26.4 Å². The van der Waals surface area contributed by atoms with Crippen molar-refractivity contribution in [2.75, 3.05) is 12.4 Å². The Balaban J connectivity index is 3.18. The number of halogens is 3. The Morgan fingerprint density at radius 1 is 1.41 bits per heavy atom. The molecule has 22 heavy (non-hydrogen) atoms. The minimum absolute atomic E-state index is 0.00581. The standard InChI is InChI=1S/C13H13F3N2O3S/c1-3-22(19,20)12-6-10(5-4-9(12)2)11(7-17)18-21-8-13(14,15)16/h4-6H,3,8H2,1-2H3/b18-11+. The predicted molar refractivity (Wildman–Crippen MR) is 73.1 cm³/mol. The molecule has 0 saturated carbocycles. The van der Waals surface area contributed by atoms with E-state index >= 15 is 0 Å². The van der Waals surface area contributed by atoms with Crippen molar-refractivity contribution in [1.82, 2.24) is 0 Å². The molecule has 5 nitrogen and oxygen atoms in total. The number of sulfone groups is 1. The lowest BCUT2D eigenvalue weighted by Gasteiger charge is -2.08. The smallest absolute Gasteiger partial charge is 0.385 e. The molecule has 0 aliphatic carbocycles. The predicted octanol–water partition coefficient (Wildman–Crippen LogP) is 2.60. The number of nitriles is 1. The molecule has 1 aromatic rings. The Bertz CT molecular complexity index is 719. The van der Waals surface area contributed by atoms with Gasteiger partial charge in [0.25, 0.3) is 0 Å². The summed E-state index contributed by atoms with van der Waals surface area (Å²) in [6.07, 6.45) is -4.58. The second kappa shape index (κ2) is 6.79. The maximum Gasteiger partial charge on any atom is 0.425 e. The van der Waals surface area contributed by atoms with E-state index in [1.165, 1.54) is 25.1 Å². The third-order valence-corrected chi connectivity index (χ3v) is 4.54. The highest BCUT2D eigenvalue weighted by Crippen LogP contribution is 2.19. The maximum atomic E-state index is 12.0. The van der Waals surface area contributed by atoms with Gasteiger partial charge in [0.15, 0.2) is 15.5 Å². The SMILES string of the molecule is CCS(=O)(=O)c1cc(/C(C#N)=N/OCC(F)(F)F)ccc1C. The molecule has 0 aliphatic rings. The van der Waals surface area contributed by atoms with Gasteiger partial charge < -0.3 is 4.84 Å². The van der Waals surface area contributed by atoms with E-state index in [1.54, 1.807) is 13.0 Å². The van der Waals surface area contributed by atoms with Crippen LogP contribution < -0.4 is 0 Å². The van der Waals surface area contributed by atoms with Gasteiger partial charge in [0.1, 0.15) is 6.07 Å². The lowest BCUT2D eigenvalue weighted by Crippen LogP contribution is -2.15. The Kier molecular flexibility index (Phi) is 5.54. The monoisotopic (exact) mass is 334 g/mol. The van der Waals surface area contributed by atoms with E-state index in [9.17, 15) is 21.6 Å². The Morgan fingerprint density at radius 3 is 2.55 bits per heavy atom. The van der Waals surface area contributed by atoms with E-state index in [4.69, 9.17) is 5.26 Å². The van der Waals surface area contributed by atoms with Gasteiger partial charge in [-0.2, -0.15) is 18.4 Å². The molecule has 0 fully saturated rings. The average molecular weight is 334 g/mol. The van der Waals surface area contributed by atoms with Gasteiger partial charge in [-0.3, -0.25) is 0 Å². The summed E-state index contributed by atoms with van der Waals surface area (Å²) in [6.45, 7) is 1.41. The first-order chi connectivity index (χ1) is 10.1. The fourth-order valence-corrected chi connectivity index (χ4v) is 2.72. The van der Waals surface area contributed by atoms with Gasteiger partial charge in [-0.25, -0.2) is 8.42 Å². The molecule has 0 N–H and O–H groups in total. The van der Waals surface area contributed by atoms with Gasteiger partial charge in [-0.1, -0.05) is 24.2 Å². The van der Waals surface area contributed by atoms with Crippen LogP contribution in [0.1, 0.15) is 18.1 Å². The summed E-state index contributed by atoms with van der Waals surface area (Å²) in [5, 5.41) is 12.1. The number of hydrogen-bond donors (Lipinski definition) is 0. The molecule has 0 aromatic heterocycles. The van der Waals surface area contributed by atoms with Crippen molar-refractivity contribution in [3.63, 3.8) is 0 Å². The van der Waals surface area contributed by atoms with Gasteiger partial charge in [0.05, 0.1) is 10.6 Å². The number of benzene rings is 1. The van der Waals surface area contributed by atoms with E-state index in [1.807, 2.05) is 0 Å². The fourth-order valence-electron chi connectivity index (χ4n) is 1.55. The van der Waals surface area contributed by atoms with Gasteiger partial charge in [0.2, 0.25) is 6.61 Å². The van der Waals surface area contributed by atoms with E-state index in [-0.39, 0.29) is 16.2 Å². The Hall–Kier alpha value is -2.08.